The van der Waals surface area contributed by atoms with Crippen molar-refractivity contribution in [1.82, 2.24) is 9.88 Å². The Labute approximate surface area is 177 Å². The van der Waals surface area contributed by atoms with Crippen molar-refractivity contribution >= 4 is 45.3 Å². The van der Waals surface area contributed by atoms with Crippen LogP contribution in [0.1, 0.15) is 32.1 Å². The molecule has 0 spiro atoms. The fourth-order valence-electron chi connectivity index (χ4n) is 3.28. The third kappa shape index (κ3) is 4.55. The fourth-order valence-corrected chi connectivity index (χ4v) is 4.96. The van der Waals surface area contributed by atoms with Crippen molar-refractivity contribution in [1.29, 1.82) is 0 Å². The Hall–Kier alpha value is -2.55. The van der Waals surface area contributed by atoms with Crippen LogP contribution in [0.15, 0.2) is 35.0 Å². The van der Waals surface area contributed by atoms with E-state index in [1.807, 2.05) is 42.8 Å². The highest BCUT2D eigenvalue weighted by Crippen LogP contribution is 2.29. The van der Waals surface area contributed by atoms with Gasteiger partial charge in [0.15, 0.2) is 5.13 Å². The average molecular weight is 427 g/mol. The largest absolute Gasteiger partial charge is 0.325 e. The summed E-state index contributed by atoms with van der Waals surface area (Å²) in [6, 6.07) is 7.72. The third-order valence-electron chi connectivity index (χ3n) is 5.06. The molecule has 0 fully saturated rings. The van der Waals surface area contributed by atoms with Gasteiger partial charge in [0, 0.05) is 35.5 Å². The van der Waals surface area contributed by atoms with E-state index in [4.69, 9.17) is 0 Å². The molecule has 29 heavy (non-hydrogen) atoms. The van der Waals surface area contributed by atoms with Gasteiger partial charge in [-0.1, -0.05) is 12.1 Å². The first-order valence-corrected chi connectivity index (χ1v) is 11.2. The topological polar surface area (TPSA) is 74.3 Å². The summed E-state index contributed by atoms with van der Waals surface area (Å²) in [5.41, 5.74) is 4.78. The highest BCUT2D eigenvalue weighted by molar-refractivity contribution is 7.16. The molecule has 0 saturated heterocycles. The first-order valence-electron chi connectivity index (χ1n) is 9.40. The number of carbonyl (C=O) groups excluding carboxylic acids is 2. The van der Waals surface area contributed by atoms with E-state index in [2.05, 4.69) is 20.5 Å². The van der Waals surface area contributed by atoms with Gasteiger partial charge in [0.2, 0.25) is 5.91 Å². The highest BCUT2D eigenvalue weighted by atomic mass is 32.1. The Morgan fingerprint density at radius 2 is 2.07 bits per heavy atom. The van der Waals surface area contributed by atoms with Gasteiger partial charge in [0.25, 0.3) is 5.91 Å². The minimum atomic E-state index is -0.137. The molecule has 150 valence electrons. The van der Waals surface area contributed by atoms with Crippen molar-refractivity contribution in [2.45, 2.75) is 26.8 Å². The Morgan fingerprint density at radius 3 is 2.86 bits per heavy atom. The molecule has 0 radical (unpaired) electrons. The number of amides is 2. The van der Waals surface area contributed by atoms with Gasteiger partial charge in [0.1, 0.15) is 0 Å². The van der Waals surface area contributed by atoms with Crippen LogP contribution < -0.4 is 10.6 Å². The van der Waals surface area contributed by atoms with E-state index in [-0.39, 0.29) is 11.8 Å². The van der Waals surface area contributed by atoms with E-state index in [0.717, 1.165) is 40.4 Å². The van der Waals surface area contributed by atoms with Crippen molar-refractivity contribution in [3.05, 3.63) is 62.3 Å². The maximum atomic E-state index is 12.5. The normalized spacial score (nSPS) is 13.7. The van der Waals surface area contributed by atoms with Crippen LogP contribution in [-0.4, -0.2) is 34.8 Å². The molecule has 3 heterocycles. The zero-order chi connectivity index (χ0) is 20.4. The van der Waals surface area contributed by atoms with Crippen LogP contribution in [0.5, 0.6) is 0 Å². The van der Waals surface area contributed by atoms with E-state index in [1.54, 1.807) is 6.07 Å². The third-order valence-corrected chi connectivity index (χ3v) is 6.74. The number of nitrogens with one attached hydrogen (secondary N) is 2. The minimum absolute atomic E-state index is 0.0161. The molecule has 1 aliphatic heterocycles. The van der Waals surface area contributed by atoms with Crippen LogP contribution >= 0.6 is 22.7 Å². The molecule has 2 N–H and O–H groups in total. The Morgan fingerprint density at radius 1 is 1.21 bits per heavy atom. The number of benzene rings is 1. The van der Waals surface area contributed by atoms with Gasteiger partial charge in [-0.3, -0.25) is 19.8 Å². The number of hydrogen-bond acceptors (Lipinski definition) is 6. The number of hydrogen-bond donors (Lipinski definition) is 2. The molecule has 0 saturated carbocycles. The average Bonchev–Trinajstić information content (AvgIpc) is 3.34. The molecule has 1 aromatic carbocycles. The zero-order valence-corrected chi connectivity index (χ0v) is 18.0. The zero-order valence-electron chi connectivity index (χ0n) is 16.3. The van der Waals surface area contributed by atoms with Crippen LogP contribution in [0.4, 0.5) is 10.8 Å². The number of rotatable bonds is 5. The van der Waals surface area contributed by atoms with Crippen molar-refractivity contribution in [3.8, 4) is 0 Å². The molecule has 0 bridgehead atoms. The summed E-state index contributed by atoms with van der Waals surface area (Å²) >= 11 is 2.98. The lowest BCUT2D eigenvalue weighted by Gasteiger charge is -2.25. The molecule has 3 aromatic rings. The number of fused-ring (bicyclic) bond motifs is 1. The SMILES string of the molecule is Cc1cccc(NC(=O)CN2CCc3nc(NC(=O)c4ccsc4)sc3C2)c1C. The van der Waals surface area contributed by atoms with Gasteiger partial charge in [-0.25, -0.2) is 4.98 Å². The lowest BCUT2D eigenvalue weighted by molar-refractivity contribution is -0.117. The smallest absolute Gasteiger partial charge is 0.258 e. The van der Waals surface area contributed by atoms with Crippen LogP contribution in [0.2, 0.25) is 0 Å². The molecule has 2 aromatic heterocycles. The number of thiophene rings is 1. The maximum absolute atomic E-state index is 12.5. The monoisotopic (exact) mass is 426 g/mol. The molecular formula is C21H22N4O2S2. The van der Waals surface area contributed by atoms with Gasteiger partial charge in [-0.05, 0) is 42.5 Å². The molecule has 1 aliphatic rings. The summed E-state index contributed by atoms with van der Waals surface area (Å²) in [4.78, 5) is 32.5. The van der Waals surface area contributed by atoms with E-state index >= 15 is 0 Å². The molecule has 0 atom stereocenters. The second-order valence-electron chi connectivity index (χ2n) is 7.11. The van der Waals surface area contributed by atoms with Crippen LogP contribution in [0.25, 0.3) is 0 Å². The van der Waals surface area contributed by atoms with Gasteiger partial charge in [0.05, 0.1) is 17.8 Å². The molecule has 0 unspecified atom stereocenters. The highest BCUT2D eigenvalue weighted by Gasteiger charge is 2.23. The summed E-state index contributed by atoms with van der Waals surface area (Å²) < 4.78 is 0. The number of aromatic nitrogens is 1. The molecule has 2 amide bonds. The summed E-state index contributed by atoms with van der Waals surface area (Å²) in [5, 5.41) is 10.2. The van der Waals surface area contributed by atoms with Gasteiger partial charge < -0.3 is 5.32 Å². The quantitative estimate of drug-likeness (QED) is 0.645. The Balaban J connectivity index is 1.36. The van der Waals surface area contributed by atoms with Crippen molar-refractivity contribution < 1.29 is 9.59 Å². The number of aryl methyl sites for hydroxylation is 1. The molecule has 0 aliphatic carbocycles. The predicted molar refractivity (Wildman–Crippen MR) is 118 cm³/mol. The second-order valence-corrected chi connectivity index (χ2v) is 8.97. The van der Waals surface area contributed by atoms with Crippen molar-refractivity contribution in [3.63, 3.8) is 0 Å². The van der Waals surface area contributed by atoms with E-state index in [1.165, 1.54) is 22.7 Å². The summed E-state index contributed by atoms with van der Waals surface area (Å²) in [6.07, 6.45) is 0.775. The Kier molecular flexibility index (Phi) is 5.75. The van der Waals surface area contributed by atoms with Crippen LogP contribution in [0, 0.1) is 13.8 Å². The summed E-state index contributed by atoms with van der Waals surface area (Å²) in [7, 11) is 0. The number of nitrogens with zero attached hydrogens (tertiary/aromatic N) is 2. The van der Waals surface area contributed by atoms with Crippen molar-refractivity contribution in [2.75, 3.05) is 23.7 Å². The van der Waals surface area contributed by atoms with Crippen LogP contribution in [0.3, 0.4) is 0 Å². The van der Waals surface area contributed by atoms with E-state index in [0.29, 0.717) is 23.8 Å². The van der Waals surface area contributed by atoms with Gasteiger partial charge in [-0.15, -0.1) is 11.3 Å². The van der Waals surface area contributed by atoms with E-state index < -0.39 is 0 Å². The maximum Gasteiger partial charge on any atom is 0.258 e. The first kappa shape index (κ1) is 19.8. The van der Waals surface area contributed by atoms with Gasteiger partial charge in [-0.2, -0.15) is 11.3 Å². The molecule has 8 heteroatoms. The predicted octanol–water partition coefficient (Wildman–Crippen LogP) is 4.07. The summed E-state index contributed by atoms with van der Waals surface area (Å²) in [6.45, 7) is 5.83. The molecule has 6 nitrogen and oxygen atoms in total. The number of carbonyl (C=O) groups is 2. The number of anilines is 2. The van der Waals surface area contributed by atoms with Crippen molar-refractivity contribution in [2.24, 2.45) is 0 Å². The second kappa shape index (κ2) is 8.44. The number of thiazole rings is 1. The van der Waals surface area contributed by atoms with Gasteiger partial charge >= 0.3 is 0 Å². The van der Waals surface area contributed by atoms with Crippen LogP contribution in [-0.2, 0) is 17.8 Å². The minimum Gasteiger partial charge on any atom is -0.325 e. The van der Waals surface area contributed by atoms with E-state index in [9.17, 15) is 9.59 Å². The lowest BCUT2D eigenvalue weighted by Crippen LogP contribution is -2.36. The first-order chi connectivity index (χ1) is 14.0. The standard InChI is InChI=1S/C21H22N4O2S2/c1-13-4-3-5-16(14(13)2)22-19(26)11-25-8-6-17-18(10-25)29-21(23-17)24-20(27)15-7-9-28-12-15/h3-5,7,9,12H,6,8,10-11H2,1-2H3,(H,22,26)(H,23,24,27). The fraction of sp³-hybridized carbons (Fsp3) is 0.286. The molecule has 4 rings (SSSR count). The molecular weight excluding hydrogens is 404 g/mol. The lowest BCUT2D eigenvalue weighted by atomic mass is 10.1. The Bertz CT molecular complexity index is 1040. The summed E-state index contributed by atoms with van der Waals surface area (Å²) in [5.74, 6) is -0.153.